The maximum atomic E-state index is 2.34. The van der Waals surface area contributed by atoms with Crippen LogP contribution in [0.15, 0.2) is 0 Å². The molecule has 0 amide bonds. The van der Waals surface area contributed by atoms with E-state index in [0.717, 1.165) is 5.92 Å². The van der Waals surface area contributed by atoms with Crippen molar-refractivity contribution < 1.29 is 0 Å². The first-order chi connectivity index (χ1) is 14.3. The lowest BCUT2D eigenvalue weighted by molar-refractivity contribution is 0.367. The molecule has 1 atom stereocenters. The van der Waals surface area contributed by atoms with Gasteiger partial charge < -0.3 is 0 Å². The Hall–Kier alpha value is 0. The van der Waals surface area contributed by atoms with Gasteiger partial charge in [0.2, 0.25) is 0 Å². The Morgan fingerprint density at radius 2 is 0.483 bits per heavy atom. The van der Waals surface area contributed by atoms with Crippen molar-refractivity contribution in [1.82, 2.24) is 0 Å². The van der Waals surface area contributed by atoms with Crippen LogP contribution in [0.25, 0.3) is 0 Å². The molecule has 0 N–H and O–H groups in total. The highest BCUT2D eigenvalue weighted by molar-refractivity contribution is 4.62. The van der Waals surface area contributed by atoms with Crippen molar-refractivity contribution in [2.24, 2.45) is 5.92 Å². The Morgan fingerprint density at radius 3 is 0.793 bits per heavy atom. The topological polar surface area (TPSA) is 0 Å². The zero-order chi connectivity index (χ0) is 21.3. The minimum atomic E-state index is 1.04. The number of unbranched alkanes of at least 4 members (excludes halogenated alkanes) is 19. The smallest absolute Gasteiger partial charge is 0.0414 e. The Labute approximate surface area is 187 Å². The number of hydrogen-bond acceptors (Lipinski definition) is 0. The molecule has 0 radical (unpaired) electrons. The summed E-state index contributed by atoms with van der Waals surface area (Å²) in [7, 11) is 0. The first kappa shape index (κ1) is 29.0. The van der Waals surface area contributed by atoms with Crippen molar-refractivity contribution in [2.75, 3.05) is 0 Å². The van der Waals surface area contributed by atoms with Gasteiger partial charge in [-0.15, -0.1) is 0 Å². The normalized spacial score (nSPS) is 12.5. The molecule has 0 saturated heterocycles. The summed E-state index contributed by atoms with van der Waals surface area (Å²) in [5.41, 5.74) is 0. The maximum absolute atomic E-state index is 2.34. The van der Waals surface area contributed by atoms with E-state index in [9.17, 15) is 0 Å². The molecule has 0 bridgehead atoms. The molecule has 0 heterocycles. The van der Waals surface area contributed by atoms with Crippen molar-refractivity contribution in [3.8, 4) is 0 Å². The first-order valence-corrected chi connectivity index (χ1v) is 14.3. The molecule has 0 aliphatic heterocycles. The average Bonchev–Trinajstić information content (AvgIpc) is 2.73. The fraction of sp³-hybridized carbons (Fsp3) is 1.00. The van der Waals surface area contributed by atoms with Gasteiger partial charge in [-0.2, -0.15) is 0 Å². The van der Waals surface area contributed by atoms with Crippen LogP contribution in [0, 0.1) is 5.92 Å². The van der Waals surface area contributed by atoms with Gasteiger partial charge in [-0.25, -0.2) is 0 Å². The zero-order valence-corrected chi connectivity index (χ0v) is 21.3. The summed E-state index contributed by atoms with van der Waals surface area (Å²) < 4.78 is 0. The molecule has 0 aromatic heterocycles. The van der Waals surface area contributed by atoms with Crippen LogP contribution in [-0.4, -0.2) is 0 Å². The Bertz CT molecular complexity index is 269. The molecular formula is C29H60. The lowest BCUT2D eigenvalue weighted by atomic mass is 9.89. The third-order valence-corrected chi connectivity index (χ3v) is 6.90. The molecule has 1 unspecified atom stereocenters. The molecule has 0 rings (SSSR count). The predicted octanol–water partition coefficient (Wildman–Crippen LogP) is 11.4. The molecule has 0 fully saturated rings. The third-order valence-electron chi connectivity index (χ3n) is 6.90. The molecule has 0 aromatic rings. The van der Waals surface area contributed by atoms with Gasteiger partial charge in [-0.1, -0.05) is 181 Å². The second-order valence-electron chi connectivity index (χ2n) is 9.95. The summed E-state index contributed by atoms with van der Waals surface area (Å²) in [6.45, 7) is 6.97. The summed E-state index contributed by atoms with van der Waals surface area (Å²) in [6, 6.07) is 0. The van der Waals surface area contributed by atoms with Gasteiger partial charge in [0.25, 0.3) is 0 Å². The van der Waals surface area contributed by atoms with Crippen molar-refractivity contribution in [2.45, 2.75) is 181 Å². The van der Waals surface area contributed by atoms with Crippen molar-refractivity contribution >= 4 is 0 Å². The second-order valence-corrected chi connectivity index (χ2v) is 9.95. The fourth-order valence-corrected chi connectivity index (χ4v) is 4.78. The summed E-state index contributed by atoms with van der Waals surface area (Å²) in [6.07, 6.45) is 36.8. The van der Waals surface area contributed by atoms with Crippen LogP contribution in [0.4, 0.5) is 0 Å². The largest absolute Gasteiger partial charge is 0.0654 e. The highest BCUT2D eigenvalue weighted by atomic mass is 14.1. The van der Waals surface area contributed by atoms with Crippen LogP contribution >= 0.6 is 0 Å². The van der Waals surface area contributed by atoms with Gasteiger partial charge in [-0.3, -0.25) is 0 Å². The molecule has 0 aliphatic rings. The van der Waals surface area contributed by atoms with E-state index in [0.29, 0.717) is 0 Å². The molecular weight excluding hydrogens is 348 g/mol. The lowest BCUT2D eigenvalue weighted by Gasteiger charge is -2.17. The van der Waals surface area contributed by atoms with E-state index in [2.05, 4.69) is 20.8 Å². The maximum Gasteiger partial charge on any atom is -0.0414 e. The lowest BCUT2D eigenvalue weighted by Crippen LogP contribution is -2.01. The monoisotopic (exact) mass is 408 g/mol. The Balaban J connectivity index is 3.57. The summed E-state index contributed by atoms with van der Waals surface area (Å²) in [5.74, 6) is 1.04. The molecule has 0 spiro atoms. The van der Waals surface area contributed by atoms with Crippen LogP contribution in [0.1, 0.15) is 181 Å². The van der Waals surface area contributed by atoms with Gasteiger partial charge in [0.1, 0.15) is 0 Å². The van der Waals surface area contributed by atoms with Crippen LogP contribution < -0.4 is 0 Å². The predicted molar refractivity (Wildman–Crippen MR) is 136 cm³/mol. The second kappa shape index (κ2) is 26.0. The molecule has 0 aromatic carbocycles. The number of rotatable bonds is 25. The van der Waals surface area contributed by atoms with Crippen LogP contribution in [-0.2, 0) is 0 Å². The van der Waals surface area contributed by atoms with Crippen molar-refractivity contribution in [3.05, 3.63) is 0 Å². The van der Waals surface area contributed by atoms with E-state index >= 15 is 0 Å². The van der Waals surface area contributed by atoms with E-state index in [1.807, 2.05) is 0 Å². The fourth-order valence-electron chi connectivity index (χ4n) is 4.78. The van der Waals surface area contributed by atoms with Crippen LogP contribution in [0.5, 0.6) is 0 Å². The quantitative estimate of drug-likeness (QED) is 0.132. The van der Waals surface area contributed by atoms with Gasteiger partial charge in [0.05, 0.1) is 0 Å². The summed E-state index contributed by atoms with van der Waals surface area (Å²) >= 11 is 0. The van der Waals surface area contributed by atoms with E-state index in [-0.39, 0.29) is 0 Å². The van der Waals surface area contributed by atoms with Crippen LogP contribution in [0.3, 0.4) is 0 Å². The number of hydrogen-bond donors (Lipinski definition) is 0. The summed E-state index contributed by atoms with van der Waals surface area (Å²) in [5, 5.41) is 0. The highest BCUT2D eigenvalue weighted by Gasteiger charge is 2.08. The molecule has 176 valence electrons. The zero-order valence-electron chi connectivity index (χ0n) is 21.3. The minimum absolute atomic E-state index is 1.04. The molecule has 0 heteroatoms. The Morgan fingerprint density at radius 1 is 0.276 bits per heavy atom. The summed E-state index contributed by atoms with van der Waals surface area (Å²) in [4.78, 5) is 0. The van der Waals surface area contributed by atoms with E-state index in [1.54, 1.807) is 0 Å². The van der Waals surface area contributed by atoms with Gasteiger partial charge >= 0.3 is 0 Å². The standard InChI is InChI=1S/C29H60/c1-4-7-10-12-14-15-16-17-18-20-22-25-28-29(26-23-9-6-3)27-24-21-19-13-11-8-5-2/h29H,4-28H2,1-3H3. The van der Waals surface area contributed by atoms with Crippen molar-refractivity contribution in [3.63, 3.8) is 0 Å². The first-order valence-electron chi connectivity index (χ1n) is 14.3. The van der Waals surface area contributed by atoms with E-state index in [1.165, 1.54) is 161 Å². The van der Waals surface area contributed by atoms with Gasteiger partial charge in [-0.05, 0) is 5.92 Å². The van der Waals surface area contributed by atoms with E-state index in [4.69, 9.17) is 0 Å². The molecule has 0 aliphatic carbocycles. The third kappa shape index (κ3) is 24.1. The molecule has 29 heavy (non-hydrogen) atoms. The Kier molecular flexibility index (Phi) is 26.0. The van der Waals surface area contributed by atoms with Gasteiger partial charge in [0.15, 0.2) is 0 Å². The van der Waals surface area contributed by atoms with Crippen LogP contribution in [0.2, 0.25) is 0 Å². The SMILES string of the molecule is CCCCCCCCCCCCCCC(CCCCC)CCCCCCCCC. The highest BCUT2D eigenvalue weighted by Crippen LogP contribution is 2.24. The minimum Gasteiger partial charge on any atom is -0.0654 e. The molecule has 0 saturated carbocycles. The van der Waals surface area contributed by atoms with E-state index < -0.39 is 0 Å². The molecule has 0 nitrogen and oxygen atoms in total. The van der Waals surface area contributed by atoms with Gasteiger partial charge in [0, 0.05) is 0 Å². The van der Waals surface area contributed by atoms with Crippen molar-refractivity contribution in [1.29, 1.82) is 0 Å². The average molecular weight is 409 g/mol.